The topological polar surface area (TPSA) is 77.9 Å². The van der Waals surface area contributed by atoms with Gasteiger partial charge in [-0.2, -0.15) is 5.10 Å². The number of aromatic nitrogens is 1. The Morgan fingerprint density at radius 2 is 1.90 bits per heavy atom. The minimum Gasteiger partial charge on any atom is -0.328 e. The fourth-order valence-electron chi connectivity index (χ4n) is 3.35. The molecule has 2 aromatic rings. The Morgan fingerprint density at radius 3 is 2.48 bits per heavy atom. The van der Waals surface area contributed by atoms with Crippen molar-refractivity contribution in [2.24, 2.45) is 5.10 Å². The number of sulfonamides is 1. The van der Waals surface area contributed by atoms with Crippen molar-refractivity contribution in [2.45, 2.75) is 38.0 Å². The quantitative estimate of drug-likeness (QED) is 0.400. The first-order valence-electron chi connectivity index (χ1n) is 10.1. The van der Waals surface area contributed by atoms with Gasteiger partial charge in [-0.05, 0) is 57.0 Å². The Hall–Kier alpha value is -2.23. The van der Waals surface area contributed by atoms with E-state index in [0.29, 0.717) is 42.4 Å². The van der Waals surface area contributed by atoms with Crippen molar-refractivity contribution >= 4 is 33.1 Å². The van der Waals surface area contributed by atoms with Gasteiger partial charge in [-0.15, -0.1) is 0 Å². The number of pyridine rings is 1. The Morgan fingerprint density at radius 1 is 1.26 bits per heavy atom. The lowest BCUT2D eigenvalue weighted by Gasteiger charge is -2.32. The fourth-order valence-corrected chi connectivity index (χ4v) is 4.87. The molecule has 0 amide bonds. The van der Waals surface area contributed by atoms with E-state index >= 15 is 0 Å². The Bertz CT molecular complexity index is 1020. The van der Waals surface area contributed by atoms with Gasteiger partial charge in [0.1, 0.15) is 5.82 Å². The molecule has 0 radical (unpaired) electrons. The van der Waals surface area contributed by atoms with E-state index in [2.05, 4.69) is 15.5 Å². The molecule has 1 aliphatic heterocycles. The largest absolute Gasteiger partial charge is 0.328 e. The van der Waals surface area contributed by atoms with E-state index < -0.39 is 15.3 Å². The molecule has 0 atom stereocenters. The molecule has 3 rings (SSSR count). The molecular formula is C21H27ClFN5O2S. The summed E-state index contributed by atoms with van der Waals surface area (Å²) >= 11 is 6.37. The maximum absolute atomic E-state index is 13.4. The monoisotopic (exact) mass is 467 g/mol. The van der Waals surface area contributed by atoms with E-state index in [9.17, 15) is 12.8 Å². The highest BCUT2D eigenvalue weighted by Gasteiger charge is 2.30. The second-order valence-electron chi connectivity index (χ2n) is 7.72. The van der Waals surface area contributed by atoms with Crippen molar-refractivity contribution in [3.05, 3.63) is 59.1 Å². The molecule has 1 N–H and O–H groups in total. The van der Waals surface area contributed by atoms with Crippen LogP contribution < -0.4 is 10.3 Å². The average molecular weight is 468 g/mol. The van der Waals surface area contributed by atoms with Crippen molar-refractivity contribution in [2.75, 3.05) is 25.0 Å². The number of piperidine rings is 1. The van der Waals surface area contributed by atoms with Crippen LogP contribution in [0.1, 0.15) is 32.3 Å². The van der Waals surface area contributed by atoms with E-state index in [1.807, 2.05) is 11.9 Å². The molecule has 1 aliphatic rings. The van der Waals surface area contributed by atoms with E-state index in [-0.39, 0.29) is 11.9 Å². The first kappa shape index (κ1) is 23.4. The summed E-state index contributed by atoms with van der Waals surface area (Å²) in [5, 5.41) is 4.63. The zero-order valence-electron chi connectivity index (χ0n) is 17.8. The molecule has 0 unspecified atom stereocenters. The predicted molar refractivity (Wildman–Crippen MR) is 122 cm³/mol. The molecule has 1 aromatic heterocycles. The summed E-state index contributed by atoms with van der Waals surface area (Å²) in [6.45, 7) is 4.29. The zero-order valence-corrected chi connectivity index (χ0v) is 19.4. The third-order valence-corrected chi connectivity index (χ3v) is 7.89. The molecule has 1 aromatic carbocycles. The van der Waals surface area contributed by atoms with Gasteiger partial charge in [-0.3, -0.25) is 4.98 Å². The predicted octanol–water partition coefficient (Wildman–Crippen LogP) is 3.46. The molecule has 0 bridgehead atoms. The Labute approximate surface area is 188 Å². The maximum atomic E-state index is 13.4. The summed E-state index contributed by atoms with van der Waals surface area (Å²) in [6.07, 6.45) is 4.46. The third-order valence-electron chi connectivity index (χ3n) is 5.31. The highest BCUT2D eigenvalue weighted by atomic mass is 35.5. The third kappa shape index (κ3) is 5.53. The number of rotatable bonds is 6. The second-order valence-corrected chi connectivity index (χ2v) is 10.6. The van der Waals surface area contributed by atoms with Crippen LogP contribution in [-0.4, -0.2) is 55.0 Å². The summed E-state index contributed by atoms with van der Waals surface area (Å²) in [6, 6.07) is 7.88. The van der Waals surface area contributed by atoms with Crippen LogP contribution in [0.15, 0.2) is 47.8 Å². The van der Waals surface area contributed by atoms with Crippen LogP contribution in [0, 0.1) is 5.82 Å². The summed E-state index contributed by atoms with van der Waals surface area (Å²) in [4.78, 5) is 5.84. The summed E-state index contributed by atoms with van der Waals surface area (Å²) in [7, 11) is -1.43. The summed E-state index contributed by atoms with van der Waals surface area (Å²) < 4.78 is 39.7. The number of nitrogens with zero attached hydrogens (tertiary/aromatic N) is 4. The Balaban J connectivity index is 1.79. The van der Waals surface area contributed by atoms with Crippen molar-refractivity contribution in [1.29, 1.82) is 0 Å². The molecule has 0 saturated carbocycles. The van der Waals surface area contributed by atoms with Gasteiger partial charge in [0.25, 0.3) is 0 Å². The first-order valence-corrected chi connectivity index (χ1v) is 12.0. The molecule has 168 valence electrons. The maximum Gasteiger partial charge on any atom is 0.216 e. The van der Waals surface area contributed by atoms with E-state index in [1.165, 1.54) is 12.1 Å². The smallest absolute Gasteiger partial charge is 0.216 e. The highest BCUT2D eigenvalue weighted by molar-refractivity contribution is 7.89. The average Bonchev–Trinajstić information content (AvgIpc) is 2.75. The van der Waals surface area contributed by atoms with Crippen LogP contribution in [0.2, 0.25) is 5.02 Å². The molecule has 10 heteroatoms. The molecule has 2 heterocycles. The molecule has 31 heavy (non-hydrogen) atoms. The van der Waals surface area contributed by atoms with E-state index in [4.69, 9.17) is 11.6 Å². The fraction of sp³-hybridized carbons (Fsp3) is 0.429. The first-order chi connectivity index (χ1) is 14.7. The number of nitrogens with one attached hydrogen (secondary N) is 1. The molecule has 7 nitrogen and oxygen atoms in total. The van der Waals surface area contributed by atoms with Gasteiger partial charge >= 0.3 is 0 Å². The number of anilines is 1. The number of halogens is 2. The SMILES string of the molecule is CC(C)S(=O)(=O)N1CCC(N/N=C(/c2ccncc2Cl)N(C)c2ccc(F)cc2)CC1. The van der Waals surface area contributed by atoms with Crippen LogP contribution in [0.3, 0.4) is 0 Å². The molecular weight excluding hydrogens is 441 g/mol. The second kappa shape index (κ2) is 9.93. The van der Waals surface area contributed by atoms with Crippen molar-refractivity contribution in [3.63, 3.8) is 0 Å². The van der Waals surface area contributed by atoms with Gasteiger partial charge in [0.15, 0.2) is 5.84 Å². The summed E-state index contributed by atoms with van der Waals surface area (Å²) in [5.74, 6) is 0.232. The van der Waals surface area contributed by atoms with Crippen LogP contribution in [-0.2, 0) is 10.0 Å². The Kier molecular flexibility index (Phi) is 7.51. The van der Waals surface area contributed by atoms with Crippen molar-refractivity contribution < 1.29 is 12.8 Å². The van der Waals surface area contributed by atoms with Crippen LogP contribution in [0.4, 0.5) is 10.1 Å². The van der Waals surface area contributed by atoms with E-state index in [1.54, 1.807) is 48.7 Å². The number of hydrazone groups is 1. The van der Waals surface area contributed by atoms with Crippen molar-refractivity contribution in [3.8, 4) is 0 Å². The molecule has 0 spiro atoms. The molecule has 1 saturated heterocycles. The van der Waals surface area contributed by atoms with Crippen molar-refractivity contribution in [1.82, 2.24) is 14.7 Å². The minimum absolute atomic E-state index is 0.0239. The molecule has 0 aliphatic carbocycles. The zero-order chi connectivity index (χ0) is 22.6. The number of benzene rings is 1. The van der Waals surface area contributed by atoms with Gasteiger partial charge in [-0.1, -0.05) is 11.6 Å². The lowest BCUT2D eigenvalue weighted by atomic mass is 10.1. The standard InChI is InChI=1S/C21H27ClFN5O2S/c1-15(2)31(29,30)28-12-9-17(10-13-28)25-26-21(19-8-11-24-14-20(19)22)27(3)18-6-4-16(23)5-7-18/h4-8,11,14-15,17,25H,9-10,12-13H2,1-3H3/b26-21-. The van der Waals surface area contributed by atoms with Gasteiger partial charge in [-0.25, -0.2) is 17.1 Å². The van der Waals surface area contributed by atoms with Gasteiger partial charge in [0.05, 0.1) is 10.3 Å². The van der Waals surface area contributed by atoms with Gasteiger partial charge in [0, 0.05) is 49.8 Å². The minimum atomic E-state index is -3.25. The highest BCUT2D eigenvalue weighted by Crippen LogP contribution is 2.22. The van der Waals surface area contributed by atoms with Gasteiger partial charge in [0.2, 0.25) is 10.0 Å². The van der Waals surface area contributed by atoms with Gasteiger partial charge < -0.3 is 10.3 Å². The van der Waals surface area contributed by atoms with Crippen LogP contribution >= 0.6 is 11.6 Å². The number of amidine groups is 1. The molecule has 1 fully saturated rings. The number of hydrogen-bond donors (Lipinski definition) is 1. The van der Waals surface area contributed by atoms with E-state index in [0.717, 1.165) is 5.69 Å². The van der Waals surface area contributed by atoms with Crippen LogP contribution in [0.5, 0.6) is 0 Å². The lowest BCUT2D eigenvalue weighted by Crippen LogP contribution is -2.46. The number of hydrogen-bond acceptors (Lipinski definition) is 5. The lowest BCUT2D eigenvalue weighted by molar-refractivity contribution is 0.290. The summed E-state index contributed by atoms with van der Waals surface area (Å²) in [5.41, 5.74) is 4.60. The van der Waals surface area contributed by atoms with Crippen LogP contribution in [0.25, 0.3) is 0 Å². The normalized spacial score (nSPS) is 16.5.